The van der Waals surface area contributed by atoms with Crippen molar-refractivity contribution in [2.45, 2.75) is 6.10 Å². The van der Waals surface area contributed by atoms with E-state index in [1.807, 2.05) is 6.07 Å². The van der Waals surface area contributed by atoms with Crippen LogP contribution in [0.3, 0.4) is 0 Å². The van der Waals surface area contributed by atoms with Crippen LogP contribution in [-0.2, 0) is 4.74 Å². The van der Waals surface area contributed by atoms with Crippen LogP contribution in [0.2, 0.25) is 0 Å². The molecule has 1 heterocycles. The summed E-state index contributed by atoms with van der Waals surface area (Å²) in [5, 5.41) is 8.79. The van der Waals surface area contributed by atoms with Crippen molar-refractivity contribution in [1.82, 2.24) is 0 Å². The van der Waals surface area contributed by atoms with Crippen LogP contribution in [0.15, 0.2) is 48.5 Å². The van der Waals surface area contributed by atoms with Gasteiger partial charge in [0.25, 0.3) is 0 Å². The maximum absolute atomic E-state index is 12.8. The van der Waals surface area contributed by atoms with Gasteiger partial charge in [-0.25, -0.2) is 9.18 Å². The molecular weight excluding hydrogens is 299 g/mol. The van der Waals surface area contributed by atoms with Crippen LogP contribution in [0, 0.1) is 17.1 Å². The lowest BCUT2D eigenvalue weighted by atomic mass is 10.2. The number of amides is 1. The van der Waals surface area contributed by atoms with Crippen LogP contribution >= 0.6 is 0 Å². The lowest BCUT2D eigenvalue weighted by Crippen LogP contribution is -2.26. The zero-order valence-electron chi connectivity index (χ0n) is 12.1. The molecule has 2 aromatic carbocycles. The van der Waals surface area contributed by atoms with Gasteiger partial charge in [-0.15, -0.1) is 0 Å². The number of hydrogen-bond donors (Lipinski definition) is 0. The van der Waals surface area contributed by atoms with Crippen molar-refractivity contribution >= 4 is 11.8 Å². The standard InChI is InChI=1S/C17H13FN2O3/c18-13-3-7-15(8-4-13)22-11-16-10-20(17(21)23-16)14-5-1-12(9-19)2-6-14/h1-8,16H,10-11H2. The van der Waals surface area contributed by atoms with Gasteiger partial charge in [-0.2, -0.15) is 5.26 Å². The van der Waals surface area contributed by atoms with Crippen molar-refractivity contribution in [1.29, 1.82) is 5.26 Å². The Kier molecular flexibility index (Phi) is 4.11. The molecule has 1 aliphatic rings. The number of anilines is 1. The van der Waals surface area contributed by atoms with E-state index < -0.39 is 12.2 Å². The number of rotatable bonds is 4. The second-order valence-electron chi connectivity index (χ2n) is 5.04. The fraction of sp³-hybridized carbons (Fsp3) is 0.176. The normalized spacial score (nSPS) is 16.8. The van der Waals surface area contributed by atoms with Gasteiger partial charge in [0, 0.05) is 5.69 Å². The van der Waals surface area contributed by atoms with Crippen molar-refractivity contribution in [3.8, 4) is 11.8 Å². The van der Waals surface area contributed by atoms with Crippen LogP contribution in [0.1, 0.15) is 5.56 Å². The third-order valence-corrected chi connectivity index (χ3v) is 3.43. The summed E-state index contributed by atoms with van der Waals surface area (Å²) in [4.78, 5) is 13.4. The molecule has 0 N–H and O–H groups in total. The van der Waals surface area contributed by atoms with Gasteiger partial charge < -0.3 is 9.47 Å². The number of cyclic esters (lactones) is 1. The molecule has 1 unspecified atom stereocenters. The number of ether oxygens (including phenoxy) is 2. The highest BCUT2D eigenvalue weighted by molar-refractivity contribution is 5.89. The van der Waals surface area contributed by atoms with Crippen LogP contribution < -0.4 is 9.64 Å². The minimum atomic E-state index is -0.456. The average Bonchev–Trinajstić information content (AvgIpc) is 2.95. The van der Waals surface area contributed by atoms with Crippen molar-refractivity contribution in [2.75, 3.05) is 18.1 Å². The third kappa shape index (κ3) is 3.40. The highest BCUT2D eigenvalue weighted by atomic mass is 19.1. The molecule has 1 fully saturated rings. The molecule has 1 atom stereocenters. The zero-order valence-corrected chi connectivity index (χ0v) is 12.1. The number of nitrogens with zero attached hydrogens (tertiary/aromatic N) is 2. The Morgan fingerprint density at radius 1 is 1.22 bits per heavy atom. The average molecular weight is 312 g/mol. The van der Waals surface area contributed by atoms with Crippen molar-refractivity contribution < 1.29 is 18.7 Å². The molecule has 0 aliphatic carbocycles. The molecule has 1 saturated heterocycles. The summed E-state index contributed by atoms with van der Waals surface area (Å²) in [5.41, 5.74) is 1.19. The van der Waals surface area contributed by atoms with Crippen molar-refractivity contribution in [3.05, 3.63) is 59.9 Å². The fourth-order valence-corrected chi connectivity index (χ4v) is 2.26. The quantitative estimate of drug-likeness (QED) is 0.870. The summed E-state index contributed by atoms with van der Waals surface area (Å²) >= 11 is 0. The Bertz CT molecular complexity index is 738. The summed E-state index contributed by atoms with van der Waals surface area (Å²) in [5.74, 6) is 0.177. The molecule has 23 heavy (non-hydrogen) atoms. The number of nitriles is 1. The molecule has 2 aromatic rings. The molecule has 116 valence electrons. The molecule has 1 aliphatic heterocycles. The van der Waals surface area contributed by atoms with E-state index >= 15 is 0 Å². The smallest absolute Gasteiger partial charge is 0.414 e. The van der Waals surface area contributed by atoms with E-state index in [9.17, 15) is 9.18 Å². The molecule has 6 heteroatoms. The maximum Gasteiger partial charge on any atom is 0.414 e. The molecule has 1 amide bonds. The SMILES string of the molecule is N#Cc1ccc(N2CC(COc3ccc(F)cc3)OC2=O)cc1. The van der Waals surface area contributed by atoms with Gasteiger partial charge in [0.05, 0.1) is 18.2 Å². The number of benzene rings is 2. The van der Waals surface area contributed by atoms with E-state index in [4.69, 9.17) is 14.7 Å². The molecule has 3 rings (SSSR count). The van der Waals surface area contributed by atoms with E-state index in [0.717, 1.165) is 0 Å². The van der Waals surface area contributed by atoms with Crippen molar-refractivity contribution in [3.63, 3.8) is 0 Å². The van der Waals surface area contributed by atoms with E-state index in [2.05, 4.69) is 0 Å². The van der Waals surface area contributed by atoms with E-state index in [0.29, 0.717) is 23.5 Å². The minimum absolute atomic E-state index is 0.185. The first-order chi connectivity index (χ1) is 11.2. The van der Waals surface area contributed by atoms with Gasteiger partial charge in [0.2, 0.25) is 0 Å². The minimum Gasteiger partial charge on any atom is -0.490 e. The molecule has 0 spiro atoms. The number of carbonyl (C=O) groups is 1. The molecule has 0 bridgehead atoms. The second-order valence-corrected chi connectivity index (χ2v) is 5.04. The largest absolute Gasteiger partial charge is 0.490 e. The summed E-state index contributed by atoms with van der Waals surface area (Å²) in [7, 11) is 0. The Morgan fingerprint density at radius 3 is 2.57 bits per heavy atom. The first-order valence-corrected chi connectivity index (χ1v) is 7.02. The molecule has 0 aromatic heterocycles. The predicted molar refractivity (Wildman–Crippen MR) is 80.7 cm³/mol. The molecular formula is C17H13FN2O3. The van der Waals surface area contributed by atoms with Crippen molar-refractivity contribution in [2.24, 2.45) is 0 Å². The fourth-order valence-electron chi connectivity index (χ4n) is 2.26. The van der Waals surface area contributed by atoms with Gasteiger partial charge >= 0.3 is 6.09 Å². The Morgan fingerprint density at radius 2 is 1.91 bits per heavy atom. The summed E-state index contributed by atoms with van der Waals surface area (Å²) in [6.45, 7) is 0.538. The Balaban J connectivity index is 1.60. The van der Waals surface area contributed by atoms with Crippen LogP contribution in [0.25, 0.3) is 0 Å². The van der Waals surface area contributed by atoms with E-state index in [1.165, 1.54) is 29.2 Å². The van der Waals surface area contributed by atoms with Gasteiger partial charge in [0.1, 0.15) is 18.2 Å². The topological polar surface area (TPSA) is 62.6 Å². The van der Waals surface area contributed by atoms with Crippen LogP contribution in [0.4, 0.5) is 14.9 Å². The monoisotopic (exact) mass is 312 g/mol. The predicted octanol–water partition coefficient (Wildman–Crippen LogP) is 3.10. The third-order valence-electron chi connectivity index (χ3n) is 3.43. The summed E-state index contributed by atoms with van der Waals surface area (Å²) in [6, 6.07) is 14.4. The van der Waals surface area contributed by atoms with Gasteiger partial charge in [-0.05, 0) is 48.5 Å². The number of hydrogen-bond acceptors (Lipinski definition) is 4. The highest BCUT2D eigenvalue weighted by Gasteiger charge is 2.32. The van der Waals surface area contributed by atoms with Gasteiger partial charge in [-0.3, -0.25) is 4.90 Å². The number of halogens is 1. The van der Waals surface area contributed by atoms with Crippen LogP contribution in [-0.4, -0.2) is 25.3 Å². The Labute approximate surface area is 132 Å². The first kappa shape index (κ1) is 14.9. The van der Waals surface area contributed by atoms with E-state index in [-0.39, 0.29) is 12.4 Å². The molecule has 0 saturated carbocycles. The zero-order chi connectivity index (χ0) is 16.2. The highest BCUT2D eigenvalue weighted by Crippen LogP contribution is 2.22. The molecule has 0 radical (unpaired) electrons. The number of carbonyl (C=O) groups excluding carboxylic acids is 1. The maximum atomic E-state index is 12.8. The van der Waals surface area contributed by atoms with Crippen LogP contribution in [0.5, 0.6) is 5.75 Å². The lowest BCUT2D eigenvalue weighted by molar-refractivity contribution is 0.105. The van der Waals surface area contributed by atoms with E-state index in [1.54, 1.807) is 24.3 Å². The summed E-state index contributed by atoms with van der Waals surface area (Å²) in [6.07, 6.45) is -0.870. The second kappa shape index (κ2) is 6.36. The first-order valence-electron chi connectivity index (χ1n) is 7.02. The van der Waals surface area contributed by atoms with Gasteiger partial charge in [0.15, 0.2) is 6.10 Å². The summed E-state index contributed by atoms with van der Waals surface area (Å²) < 4.78 is 23.6. The molecule has 5 nitrogen and oxygen atoms in total. The Hall–Kier alpha value is -3.07. The lowest BCUT2D eigenvalue weighted by Gasteiger charge is -2.13. The van der Waals surface area contributed by atoms with Gasteiger partial charge in [-0.1, -0.05) is 0 Å².